The molecular formula is C31H39NO. The van der Waals surface area contributed by atoms with Gasteiger partial charge in [0, 0.05) is 11.5 Å². The second-order valence-electron chi connectivity index (χ2n) is 9.91. The van der Waals surface area contributed by atoms with Crippen molar-refractivity contribution in [2.45, 2.75) is 75.7 Å². The molecule has 1 aliphatic rings. The highest BCUT2D eigenvalue weighted by molar-refractivity contribution is 5.41. The minimum atomic E-state index is -0.490. The van der Waals surface area contributed by atoms with Crippen LogP contribution >= 0.6 is 0 Å². The van der Waals surface area contributed by atoms with E-state index >= 15 is 0 Å². The van der Waals surface area contributed by atoms with Crippen molar-refractivity contribution in [3.63, 3.8) is 0 Å². The summed E-state index contributed by atoms with van der Waals surface area (Å²) in [6, 6.07) is 28.4. The molecule has 0 spiro atoms. The Kier molecular flexibility index (Phi) is 7.88. The number of methoxy groups -OCH3 is 1. The third-order valence-electron chi connectivity index (χ3n) is 7.65. The monoisotopic (exact) mass is 441 g/mol. The largest absolute Gasteiger partial charge is 0.496 e. The third-order valence-corrected chi connectivity index (χ3v) is 7.65. The molecule has 3 aromatic carbocycles. The van der Waals surface area contributed by atoms with Gasteiger partial charge in [0.15, 0.2) is 0 Å². The maximum Gasteiger partial charge on any atom is 0.122 e. The molecule has 0 radical (unpaired) electrons. The van der Waals surface area contributed by atoms with E-state index < -0.39 is 5.54 Å². The summed E-state index contributed by atoms with van der Waals surface area (Å²) in [6.07, 6.45) is 9.90. The molecule has 1 saturated carbocycles. The number of nitrogens with two attached hydrogens (primary N) is 1. The second-order valence-corrected chi connectivity index (χ2v) is 9.91. The lowest BCUT2D eigenvalue weighted by molar-refractivity contribution is 0.341. The Bertz CT molecular complexity index is 987. The molecule has 2 heteroatoms. The quantitative estimate of drug-likeness (QED) is 0.369. The van der Waals surface area contributed by atoms with Crippen LogP contribution in [0.1, 0.15) is 86.0 Å². The highest BCUT2D eigenvalue weighted by Gasteiger charge is 2.34. The smallest absolute Gasteiger partial charge is 0.122 e. The predicted molar refractivity (Wildman–Crippen MR) is 139 cm³/mol. The fourth-order valence-corrected chi connectivity index (χ4v) is 5.64. The number of para-hydroxylation sites is 1. The van der Waals surface area contributed by atoms with Crippen molar-refractivity contribution >= 4 is 0 Å². The van der Waals surface area contributed by atoms with E-state index in [2.05, 4.69) is 79.7 Å². The van der Waals surface area contributed by atoms with Crippen LogP contribution in [0.25, 0.3) is 0 Å². The first-order valence-corrected chi connectivity index (χ1v) is 12.7. The first-order valence-electron chi connectivity index (χ1n) is 12.7. The summed E-state index contributed by atoms with van der Waals surface area (Å²) < 4.78 is 5.76. The Morgan fingerprint density at radius 2 is 1.55 bits per heavy atom. The van der Waals surface area contributed by atoms with E-state index in [4.69, 9.17) is 10.5 Å². The highest BCUT2D eigenvalue weighted by atomic mass is 16.5. The lowest BCUT2D eigenvalue weighted by Crippen LogP contribution is -2.40. The van der Waals surface area contributed by atoms with Gasteiger partial charge >= 0.3 is 0 Å². The van der Waals surface area contributed by atoms with Crippen LogP contribution in [0, 0.1) is 0 Å². The van der Waals surface area contributed by atoms with Crippen molar-refractivity contribution in [2.75, 3.05) is 7.11 Å². The maximum atomic E-state index is 7.19. The number of rotatable bonds is 9. The number of ether oxygens (including phenoxy) is 1. The van der Waals surface area contributed by atoms with E-state index in [0.29, 0.717) is 5.92 Å². The zero-order chi connectivity index (χ0) is 23.1. The van der Waals surface area contributed by atoms with Gasteiger partial charge in [-0.05, 0) is 73.3 Å². The standard InChI is InChI=1S/C31H39NO/c1-31(32,27-22-20-26(21-23-27)25-15-7-4-8-16-25)29(28-17-9-10-19-30(28)33-2)18-11-14-24-12-5-3-6-13-24/h3,5-6,9-10,12-13,17,19-23,25,29H,4,7-8,11,14-16,18,32H2,1-2H3. The van der Waals surface area contributed by atoms with Crippen LogP contribution in [-0.2, 0) is 12.0 Å². The predicted octanol–water partition coefficient (Wildman–Crippen LogP) is 7.72. The first kappa shape index (κ1) is 23.6. The number of hydrogen-bond donors (Lipinski definition) is 1. The molecule has 174 valence electrons. The van der Waals surface area contributed by atoms with E-state index in [1.807, 2.05) is 6.07 Å². The van der Waals surface area contributed by atoms with Crippen LogP contribution in [0.4, 0.5) is 0 Å². The van der Waals surface area contributed by atoms with Crippen molar-refractivity contribution in [1.29, 1.82) is 0 Å². The van der Waals surface area contributed by atoms with Gasteiger partial charge in [-0.15, -0.1) is 0 Å². The van der Waals surface area contributed by atoms with Gasteiger partial charge < -0.3 is 10.5 Å². The van der Waals surface area contributed by atoms with Gasteiger partial charge in [0.05, 0.1) is 7.11 Å². The summed E-state index contributed by atoms with van der Waals surface area (Å²) in [4.78, 5) is 0. The van der Waals surface area contributed by atoms with Crippen LogP contribution in [0.3, 0.4) is 0 Å². The van der Waals surface area contributed by atoms with Crippen LogP contribution < -0.4 is 10.5 Å². The molecule has 0 aromatic heterocycles. The lowest BCUT2D eigenvalue weighted by Gasteiger charge is -2.36. The van der Waals surface area contributed by atoms with Crippen molar-refractivity contribution in [1.82, 2.24) is 0 Å². The van der Waals surface area contributed by atoms with Gasteiger partial charge in [0.25, 0.3) is 0 Å². The van der Waals surface area contributed by atoms with E-state index in [1.165, 1.54) is 54.4 Å². The maximum absolute atomic E-state index is 7.19. The minimum absolute atomic E-state index is 0.165. The molecule has 3 aromatic rings. The minimum Gasteiger partial charge on any atom is -0.496 e. The van der Waals surface area contributed by atoms with E-state index in [9.17, 15) is 0 Å². The Labute approximate surface area is 200 Å². The average Bonchev–Trinajstić information content (AvgIpc) is 2.88. The van der Waals surface area contributed by atoms with E-state index in [0.717, 1.165) is 25.0 Å². The fraction of sp³-hybridized carbons (Fsp3) is 0.419. The van der Waals surface area contributed by atoms with Crippen molar-refractivity contribution in [3.05, 3.63) is 101 Å². The first-order chi connectivity index (χ1) is 16.1. The molecule has 2 N–H and O–H groups in total. The molecular weight excluding hydrogens is 402 g/mol. The summed E-state index contributed by atoms with van der Waals surface area (Å²) in [6.45, 7) is 2.20. The second kappa shape index (κ2) is 11.0. The molecule has 1 aliphatic carbocycles. The van der Waals surface area contributed by atoms with Gasteiger partial charge in [-0.3, -0.25) is 0 Å². The number of benzene rings is 3. The van der Waals surface area contributed by atoms with Crippen LogP contribution in [0.5, 0.6) is 5.75 Å². The zero-order valence-corrected chi connectivity index (χ0v) is 20.3. The Morgan fingerprint density at radius 3 is 2.24 bits per heavy atom. The van der Waals surface area contributed by atoms with Gasteiger partial charge in [0.1, 0.15) is 5.75 Å². The molecule has 2 atom stereocenters. The van der Waals surface area contributed by atoms with E-state index in [-0.39, 0.29) is 5.92 Å². The summed E-state index contributed by atoms with van der Waals surface area (Å²) >= 11 is 0. The van der Waals surface area contributed by atoms with Gasteiger partial charge in [-0.25, -0.2) is 0 Å². The SMILES string of the molecule is COc1ccccc1C(CCCc1ccccc1)C(C)(N)c1ccc(C2CCCCC2)cc1. The topological polar surface area (TPSA) is 35.2 Å². The van der Waals surface area contributed by atoms with Crippen molar-refractivity contribution < 1.29 is 4.74 Å². The summed E-state index contributed by atoms with van der Waals surface area (Å²) in [5.41, 5.74) is 12.0. The van der Waals surface area contributed by atoms with Crippen molar-refractivity contribution in [3.8, 4) is 5.75 Å². The Hall–Kier alpha value is -2.58. The number of aryl methyl sites for hydroxylation is 1. The molecule has 2 nitrogen and oxygen atoms in total. The molecule has 0 heterocycles. The molecule has 0 saturated heterocycles. The van der Waals surface area contributed by atoms with Crippen LogP contribution in [0.2, 0.25) is 0 Å². The molecule has 4 rings (SSSR count). The molecule has 0 aliphatic heterocycles. The van der Waals surface area contributed by atoms with Crippen LogP contribution in [-0.4, -0.2) is 7.11 Å². The molecule has 0 bridgehead atoms. The summed E-state index contributed by atoms with van der Waals surface area (Å²) in [7, 11) is 1.76. The van der Waals surface area contributed by atoms with Gasteiger partial charge in [0.2, 0.25) is 0 Å². The molecule has 33 heavy (non-hydrogen) atoms. The van der Waals surface area contributed by atoms with Gasteiger partial charge in [-0.1, -0.05) is 92.1 Å². The average molecular weight is 442 g/mol. The highest BCUT2D eigenvalue weighted by Crippen LogP contribution is 2.42. The lowest BCUT2D eigenvalue weighted by atomic mass is 9.73. The van der Waals surface area contributed by atoms with Crippen LogP contribution in [0.15, 0.2) is 78.9 Å². The Morgan fingerprint density at radius 1 is 0.879 bits per heavy atom. The Balaban J connectivity index is 1.58. The normalized spacial score (nSPS) is 17.3. The molecule has 1 fully saturated rings. The molecule has 0 amide bonds. The zero-order valence-electron chi connectivity index (χ0n) is 20.3. The molecule has 2 unspecified atom stereocenters. The van der Waals surface area contributed by atoms with E-state index in [1.54, 1.807) is 7.11 Å². The third kappa shape index (κ3) is 5.68. The van der Waals surface area contributed by atoms with Crippen molar-refractivity contribution in [2.24, 2.45) is 5.73 Å². The fourth-order valence-electron chi connectivity index (χ4n) is 5.64. The summed E-state index contributed by atoms with van der Waals surface area (Å²) in [5, 5.41) is 0. The van der Waals surface area contributed by atoms with Gasteiger partial charge in [-0.2, -0.15) is 0 Å². The summed E-state index contributed by atoms with van der Waals surface area (Å²) in [5.74, 6) is 1.81. The number of hydrogen-bond acceptors (Lipinski definition) is 2.